The first kappa shape index (κ1) is 21.3. The molecule has 0 atom stereocenters. The van der Waals surface area contributed by atoms with E-state index >= 15 is 0 Å². The first-order chi connectivity index (χ1) is 13.6. The highest BCUT2D eigenvalue weighted by Gasteiger charge is 2.05. The van der Waals surface area contributed by atoms with E-state index < -0.39 is 0 Å². The van der Waals surface area contributed by atoms with Gasteiger partial charge < -0.3 is 20.8 Å². The highest BCUT2D eigenvalue weighted by molar-refractivity contribution is 5.95. The van der Waals surface area contributed by atoms with Crippen LogP contribution in [0.1, 0.15) is 44.7 Å². The zero-order valence-electron chi connectivity index (χ0n) is 15.7. The highest BCUT2D eigenvalue weighted by atomic mass is 16.3. The van der Waals surface area contributed by atoms with Gasteiger partial charge in [0.1, 0.15) is 0 Å². The molecule has 0 unspecified atom stereocenters. The summed E-state index contributed by atoms with van der Waals surface area (Å²) in [5.41, 5.74) is 3.06. The molecule has 6 nitrogen and oxygen atoms in total. The van der Waals surface area contributed by atoms with Crippen LogP contribution in [-0.4, -0.2) is 48.3 Å². The summed E-state index contributed by atoms with van der Waals surface area (Å²) in [5.74, 6) is -0.311. The van der Waals surface area contributed by atoms with Crippen molar-refractivity contribution in [2.75, 3.05) is 26.3 Å². The summed E-state index contributed by atoms with van der Waals surface area (Å²) in [6, 6.07) is 14.5. The summed E-state index contributed by atoms with van der Waals surface area (Å²) in [4.78, 5) is 23.8. The van der Waals surface area contributed by atoms with Gasteiger partial charge in [0.15, 0.2) is 0 Å². The van der Waals surface area contributed by atoms with E-state index in [-0.39, 0.29) is 25.0 Å². The van der Waals surface area contributed by atoms with Crippen molar-refractivity contribution in [2.45, 2.75) is 12.8 Å². The van der Waals surface area contributed by atoms with Crippen molar-refractivity contribution in [3.05, 3.63) is 70.8 Å². The molecule has 0 heterocycles. The maximum atomic E-state index is 11.9. The largest absolute Gasteiger partial charge is 0.396 e. The van der Waals surface area contributed by atoms with E-state index in [9.17, 15) is 9.59 Å². The van der Waals surface area contributed by atoms with E-state index in [4.69, 9.17) is 10.2 Å². The Hall–Kier alpha value is -2.96. The number of nitrogens with one attached hydrogen (secondary N) is 2. The third kappa shape index (κ3) is 6.98. The smallest absolute Gasteiger partial charge is 0.251 e. The fourth-order valence-corrected chi connectivity index (χ4v) is 2.45. The molecule has 0 aliphatic heterocycles. The molecular formula is C22H26N2O4. The predicted octanol–water partition coefficient (Wildman–Crippen LogP) is 2.08. The molecule has 0 bridgehead atoms. The Labute approximate surface area is 164 Å². The van der Waals surface area contributed by atoms with Crippen LogP contribution in [-0.2, 0) is 0 Å². The Kier molecular flexibility index (Phi) is 8.91. The van der Waals surface area contributed by atoms with Gasteiger partial charge in [-0.25, -0.2) is 0 Å². The second kappa shape index (κ2) is 11.7. The van der Waals surface area contributed by atoms with E-state index in [1.54, 1.807) is 24.3 Å². The van der Waals surface area contributed by atoms with Crippen LogP contribution in [0.5, 0.6) is 0 Å². The van der Waals surface area contributed by atoms with Crippen molar-refractivity contribution in [1.29, 1.82) is 0 Å². The average molecular weight is 382 g/mol. The lowest BCUT2D eigenvalue weighted by Gasteiger charge is -2.05. The van der Waals surface area contributed by atoms with Gasteiger partial charge in [0.2, 0.25) is 0 Å². The number of amides is 2. The standard InChI is InChI=1S/C22H26N2O4/c25-15-1-13-23-21(27)19-9-5-17(6-10-19)3-4-18-7-11-20(12-8-18)22(28)24-14-2-16-26/h3-12,25-26H,1-2,13-16H2,(H,23,27)(H,24,28)/b4-3+. The van der Waals surface area contributed by atoms with Crippen LogP contribution in [0.2, 0.25) is 0 Å². The third-order valence-electron chi connectivity index (χ3n) is 4.05. The summed E-state index contributed by atoms with van der Waals surface area (Å²) < 4.78 is 0. The molecule has 0 aromatic heterocycles. The second-order valence-corrected chi connectivity index (χ2v) is 6.24. The van der Waals surface area contributed by atoms with Gasteiger partial charge in [0.25, 0.3) is 11.8 Å². The molecule has 2 amide bonds. The van der Waals surface area contributed by atoms with E-state index in [0.29, 0.717) is 37.1 Å². The summed E-state index contributed by atoms with van der Waals surface area (Å²) in [6.45, 7) is 1.01. The third-order valence-corrected chi connectivity index (χ3v) is 4.05. The van der Waals surface area contributed by atoms with Crippen molar-refractivity contribution >= 4 is 24.0 Å². The number of benzene rings is 2. The van der Waals surface area contributed by atoms with E-state index in [2.05, 4.69) is 10.6 Å². The fourth-order valence-electron chi connectivity index (χ4n) is 2.45. The van der Waals surface area contributed by atoms with Crippen LogP contribution in [0.25, 0.3) is 12.2 Å². The molecule has 0 aliphatic rings. The normalized spacial score (nSPS) is 10.8. The molecule has 0 radical (unpaired) electrons. The number of hydrogen-bond acceptors (Lipinski definition) is 4. The maximum Gasteiger partial charge on any atom is 0.251 e. The maximum absolute atomic E-state index is 11.9. The lowest BCUT2D eigenvalue weighted by molar-refractivity contribution is 0.0942. The van der Waals surface area contributed by atoms with Crippen molar-refractivity contribution in [1.82, 2.24) is 10.6 Å². The Morgan fingerprint density at radius 2 is 1.04 bits per heavy atom. The zero-order chi connectivity index (χ0) is 20.2. The van der Waals surface area contributed by atoms with Crippen LogP contribution < -0.4 is 10.6 Å². The van der Waals surface area contributed by atoms with Crippen LogP contribution in [0.4, 0.5) is 0 Å². The lowest BCUT2D eigenvalue weighted by Crippen LogP contribution is -2.24. The molecule has 148 valence electrons. The molecule has 0 fully saturated rings. The van der Waals surface area contributed by atoms with E-state index in [1.807, 2.05) is 36.4 Å². The number of aliphatic hydroxyl groups is 2. The number of carbonyl (C=O) groups is 2. The van der Waals surface area contributed by atoms with Gasteiger partial charge in [-0.05, 0) is 48.2 Å². The predicted molar refractivity (Wildman–Crippen MR) is 110 cm³/mol. The van der Waals surface area contributed by atoms with Crippen LogP contribution >= 0.6 is 0 Å². The van der Waals surface area contributed by atoms with Gasteiger partial charge in [-0.2, -0.15) is 0 Å². The van der Waals surface area contributed by atoms with Crippen LogP contribution in [0, 0.1) is 0 Å². The minimum atomic E-state index is -0.156. The van der Waals surface area contributed by atoms with Crippen molar-refractivity contribution < 1.29 is 19.8 Å². The highest BCUT2D eigenvalue weighted by Crippen LogP contribution is 2.11. The van der Waals surface area contributed by atoms with Gasteiger partial charge in [-0.15, -0.1) is 0 Å². The van der Waals surface area contributed by atoms with Gasteiger partial charge in [0.05, 0.1) is 0 Å². The first-order valence-electron chi connectivity index (χ1n) is 9.30. The Morgan fingerprint density at radius 3 is 1.36 bits per heavy atom. The summed E-state index contributed by atoms with van der Waals surface area (Å²) >= 11 is 0. The quantitative estimate of drug-likeness (QED) is 0.373. The number of rotatable bonds is 10. The minimum absolute atomic E-state index is 0.0549. The van der Waals surface area contributed by atoms with Crippen molar-refractivity contribution in [3.8, 4) is 0 Å². The molecule has 0 saturated heterocycles. The number of carbonyl (C=O) groups excluding carboxylic acids is 2. The van der Waals surface area contributed by atoms with Crippen molar-refractivity contribution in [2.24, 2.45) is 0 Å². The van der Waals surface area contributed by atoms with Gasteiger partial charge >= 0.3 is 0 Å². The molecule has 0 aliphatic carbocycles. The molecule has 2 aromatic rings. The molecule has 4 N–H and O–H groups in total. The SMILES string of the molecule is O=C(NCCCO)c1ccc(/C=C/c2ccc(C(=O)NCCCO)cc2)cc1. The van der Waals surface area contributed by atoms with E-state index in [1.165, 1.54) is 0 Å². The summed E-state index contributed by atoms with van der Waals surface area (Å²) in [7, 11) is 0. The molecule has 0 saturated carbocycles. The summed E-state index contributed by atoms with van der Waals surface area (Å²) in [5, 5.41) is 23.0. The first-order valence-corrected chi connectivity index (χ1v) is 9.30. The van der Waals surface area contributed by atoms with Crippen LogP contribution in [0.15, 0.2) is 48.5 Å². The lowest BCUT2D eigenvalue weighted by atomic mass is 10.1. The monoisotopic (exact) mass is 382 g/mol. The molecule has 2 aromatic carbocycles. The minimum Gasteiger partial charge on any atom is -0.396 e. The Bertz CT molecular complexity index is 716. The molecule has 28 heavy (non-hydrogen) atoms. The molecular weight excluding hydrogens is 356 g/mol. The number of hydrogen-bond donors (Lipinski definition) is 4. The van der Waals surface area contributed by atoms with Gasteiger partial charge in [-0.3, -0.25) is 9.59 Å². The topological polar surface area (TPSA) is 98.7 Å². The van der Waals surface area contributed by atoms with Crippen molar-refractivity contribution in [3.63, 3.8) is 0 Å². The van der Waals surface area contributed by atoms with Crippen LogP contribution in [0.3, 0.4) is 0 Å². The summed E-state index contributed by atoms with van der Waals surface area (Å²) in [6.07, 6.45) is 4.94. The molecule has 0 spiro atoms. The van der Waals surface area contributed by atoms with Gasteiger partial charge in [-0.1, -0.05) is 36.4 Å². The molecule has 6 heteroatoms. The average Bonchev–Trinajstić information content (AvgIpc) is 2.73. The Morgan fingerprint density at radius 1 is 0.679 bits per heavy atom. The Balaban J connectivity index is 1.90. The number of aliphatic hydroxyl groups excluding tert-OH is 2. The fraction of sp³-hybridized carbons (Fsp3) is 0.273. The van der Waals surface area contributed by atoms with Gasteiger partial charge in [0, 0.05) is 37.4 Å². The second-order valence-electron chi connectivity index (χ2n) is 6.24. The van der Waals surface area contributed by atoms with E-state index in [0.717, 1.165) is 11.1 Å². The molecule has 2 rings (SSSR count). The zero-order valence-corrected chi connectivity index (χ0v) is 15.7.